The monoisotopic (exact) mass is 321 g/mol. The second-order valence-corrected chi connectivity index (χ2v) is 5.15. The number of carbonyl (C=O) groups excluding carboxylic acids is 2. The zero-order valence-electron chi connectivity index (χ0n) is 12.3. The van der Waals surface area contributed by atoms with Crippen molar-refractivity contribution in [2.24, 2.45) is 0 Å². The van der Waals surface area contributed by atoms with Gasteiger partial charge in [-0.15, -0.1) is 0 Å². The highest BCUT2D eigenvalue weighted by atomic mass is 35.5. The molecule has 6 heteroatoms. The molecule has 0 aliphatic carbocycles. The molecule has 2 rings (SSSR count). The second kappa shape index (κ2) is 7.13. The normalized spacial score (nSPS) is 11.8. The van der Waals surface area contributed by atoms with Gasteiger partial charge in [0, 0.05) is 5.02 Å². The van der Waals surface area contributed by atoms with Gasteiger partial charge in [-0.1, -0.05) is 29.8 Å². The van der Waals surface area contributed by atoms with Crippen molar-refractivity contribution in [3.05, 3.63) is 58.5 Å². The predicted octanol–water partition coefficient (Wildman–Crippen LogP) is 3.28. The van der Waals surface area contributed by atoms with Crippen LogP contribution < -0.4 is 5.32 Å². The van der Waals surface area contributed by atoms with Crippen LogP contribution in [0, 0.1) is 6.92 Å². The summed E-state index contributed by atoms with van der Waals surface area (Å²) in [4.78, 5) is 23.8. The lowest BCUT2D eigenvalue weighted by Gasteiger charge is -2.18. The van der Waals surface area contributed by atoms with E-state index in [-0.39, 0.29) is 12.2 Å². The number of rotatable bonds is 5. The first-order valence-electron chi connectivity index (χ1n) is 6.70. The van der Waals surface area contributed by atoms with Gasteiger partial charge in [-0.3, -0.25) is 9.59 Å². The summed E-state index contributed by atoms with van der Waals surface area (Å²) in [6, 6.07) is 9.69. The molecule has 5 nitrogen and oxygen atoms in total. The van der Waals surface area contributed by atoms with Crippen LogP contribution in [0.4, 0.5) is 0 Å². The summed E-state index contributed by atoms with van der Waals surface area (Å²) >= 11 is 6.15. The second-order valence-electron chi connectivity index (χ2n) is 4.74. The molecule has 0 aliphatic rings. The van der Waals surface area contributed by atoms with Crippen LogP contribution in [0.15, 0.2) is 40.8 Å². The lowest BCUT2D eigenvalue weighted by Crippen LogP contribution is -2.30. The summed E-state index contributed by atoms with van der Waals surface area (Å²) in [7, 11) is 1.30. The van der Waals surface area contributed by atoms with Gasteiger partial charge in [0.15, 0.2) is 5.76 Å². The number of ether oxygens (including phenoxy) is 1. The van der Waals surface area contributed by atoms with E-state index in [1.165, 1.54) is 7.11 Å². The standard InChI is InChI=1S/C16H16ClNO4/c1-10-7-8-14(22-10)16(20)18-13(9-15(19)21-2)11-5-3-4-6-12(11)17/h3-8,13H,9H2,1-2H3,(H,18,20)/t13-/m0/s1. The van der Waals surface area contributed by atoms with E-state index >= 15 is 0 Å². The smallest absolute Gasteiger partial charge is 0.307 e. The minimum atomic E-state index is -0.598. The van der Waals surface area contributed by atoms with E-state index in [2.05, 4.69) is 10.1 Å². The number of aryl methyl sites for hydroxylation is 1. The SMILES string of the molecule is COC(=O)C[C@H](NC(=O)c1ccc(C)o1)c1ccccc1Cl. The molecule has 0 fully saturated rings. The van der Waals surface area contributed by atoms with Crippen molar-refractivity contribution in [3.63, 3.8) is 0 Å². The summed E-state index contributed by atoms with van der Waals surface area (Å²) < 4.78 is 9.96. The van der Waals surface area contributed by atoms with E-state index in [4.69, 9.17) is 16.0 Å². The quantitative estimate of drug-likeness (QED) is 0.858. The average Bonchev–Trinajstić information content (AvgIpc) is 2.93. The fraction of sp³-hybridized carbons (Fsp3) is 0.250. The third-order valence-electron chi connectivity index (χ3n) is 3.15. The Morgan fingerprint density at radius 3 is 2.59 bits per heavy atom. The maximum absolute atomic E-state index is 12.2. The van der Waals surface area contributed by atoms with Crippen LogP contribution in [0.2, 0.25) is 5.02 Å². The minimum Gasteiger partial charge on any atom is -0.469 e. The molecular weight excluding hydrogens is 306 g/mol. The number of halogens is 1. The molecule has 1 atom stereocenters. The van der Waals surface area contributed by atoms with Gasteiger partial charge in [0.05, 0.1) is 19.6 Å². The van der Waals surface area contributed by atoms with Gasteiger partial charge in [-0.05, 0) is 30.7 Å². The van der Waals surface area contributed by atoms with Gasteiger partial charge in [0.2, 0.25) is 0 Å². The van der Waals surface area contributed by atoms with Crippen LogP contribution >= 0.6 is 11.6 Å². The Morgan fingerprint density at radius 1 is 1.27 bits per heavy atom. The first kappa shape index (κ1) is 16.1. The molecule has 0 saturated carbocycles. The molecule has 0 radical (unpaired) electrons. The molecule has 0 bridgehead atoms. The van der Waals surface area contributed by atoms with Gasteiger partial charge >= 0.3 is 5.97 Å². The Morgan fingerprint density at radius 2 is 2.00 bits per heavy atom. The largest absolute Gasteiger partial charge is 0.469 e. The Bertz CT molecular complexity index is 680. The summed E-state index contributed by atoms with van der Waals surface area (Å²) in [5.74, 6) is -0.0467. The van der Waals surface area contributed by atoms with Crippen molar-refractivity contribution in [1.29, 1.82) is 0 Å². The van der Waals surface area contributed by atoms with E-state index < -0.39 is 17.9 Å². The summed E-state index contributed by atoms with van der Waals surface area (Å²) in [6.45, 7) is 1.75. The van der Waals surface area contributed by atoms with Crippen molar-refractivity contribution in [3.8, 4) is 0 Å². The van der Waals surface area contributed by atoms with Crippen LogP contribution in [0.5, 0.6) is 0 Å². The predicted molar refractivity (Wildman–Crippen MR) is 81.7 cm³/mol. The van der Waals surface area contributed by atoms with Crippen LogP contribution in [-0.4, -0.2) is 19.0 Å². The fourth-order valence-corrected chi connectivity index (χ4v) is 2.30. The van der Waals surface area contributed by atoms with E-state index in [1.54, 1.807) is 43.3 Å². The lowest BCUT2D eigenvalue weighted by molar-refractivity contribution is -0.141. The molecule has 0 aliphatic heterocycles. The summed E-state index contributed by atoms with van der Waals surface area (Å²) in [5, 5.41) is 3.22. The molecular formula is C16H16ClNO4. The molecule has 1 aromatic carbocycles. The Labute approximate surface area is 133 Å². The summed E-state index contributed by atoms with van der Waals surface area (Å²) in [5.41, 5.74) is 0.645. The molecule has 1 heterocycles. The summed E-state index contributed by atoms with van der Waals surface area (Å²) in [6.07, 6.45) is -0.0222. The Balaban J connectivity index is 2.23. The topological polar surface area (TPSA) is 68.5 Å². The minimum absolute atomic E-state index is 0.0222. The van der Waals surface area contributed by atoms with Crippen molar-refractivity contribution in [2.45, 2.75) is 19.4 Å². The van der Waals surface area contributed by atoms with Crippen LogP contribution in [0.3, 0.4) is 0 Å². The number of hydrogen-bond acceptors (Lipinski definition) is 4. The molecule has 2 aromatic rings. The number of methoxy groups -OCH3 is 1. The van der Waals surface area contributed by atoms with E-state index in [0.717, 1.165) is 0 Å². The average molecular weight is 322 g/mol. The number of furan rings is 1. The maximum Gasteiger partial charge on any atom is 0.307 e. The van der Waals surface area contributed by atoms with Crippen LogP contribution in [0.1, 0.15) is 34.3 Å². The first-order valence-corrected chi connectivity index (χ1v) is 7.07. The zero-order valence-corrected chi connectivity index (χ0v) is 13.0. The number of carbonyl (C=O) groups is 2. The molecule has 0 unspecified atom stereocenters. The lowest BCUT2D eigenvalue weighted by atomic mass is 10.0. The number of nitrogens with one attached hydrogen (secondary N) is 1. The van der Waals surface area contributed by atoms with E-state index in [9.17, 15) is 9.59 Å². The number of hydrogen-bond donors (Lipinski definition) is 1. The molecule has 1 amide bonds. The highest BCUT2D eigenvalue weighted by Gasteiger charge is 2.22. The molecule has 1 N–H and O–H groups in total. The third kappa shape index (κ3) is 3.89. The molecule has 1 aromatic heterocycles. The first-order chi connectivity index (χ1) is 10.5. The molecule has 0 saturated heterocycles. The Kier molecular flexibility index (Phi) is 5.22. The van der Waals surface area contributed by atoms with Gasteiger partial charge in [-0.2, -0.15) is 0 Å². The number of esters is 1. The highest BCUT2D eigenvalue weighted by molar-refractivity contribution is 6.31. The van der Waals surface area contributed by atoms with Crippen LogP contribution in [-0.2, 0) is 9.53 Å². The van der Waals surface area contributed by atoms with Crippen molar-refractivity contribution >= 4 is 23.5 Å². The maximum atomic E-state index is 12.2. The van der Waals surface area contributed by atoms with Crippen molar-refractivity contribution in [1.82, 2.24) is 5.32 Å². The van der Waals surface area contributed by atoms with Crippen molar-refractivity contribution in [2.75, 3.05) is 7.11 Å². The van der Waals surface area contributed by atoms with Gasteiger partial charge < -0.3 is 14.5 Å². The Hall–Kier alpha value is -2.27. The van der Waals surface area contributed by atoms with Crippen molar-refractivity contribution < 1.29 is 18.7 Å². The number of amides is 1. The molecule has 0 spiro atoms. The third-order valence-corrected chi connectivity index (χ3v) is 3.49. The number of benzene rings is 1. The zero-order chi connectivity index (χ0) is 16.1. The fourth-order valence-electron chi connectivity index (χ4n) is 2.03. The van der Waals surface area contributed by atoms with Gasteiger partial charge in [0.1, 0.15) is 5.76 Å². The molecule has 116 valence electrons. The highest BCUT2D eigenvalue weighted by Crippen LogP contribution is 2.26. The van der Waals surface area contributed by atoms with Gasteiger partial charge in [0.25, 0.3) is 5.91 Å². The van der Waals surface area contributed by atoms with Crippen LogP contribution in [0.25, 0.3) is 0 Å². The van der Waals surface area contributed by atoms with Gasteiger partial charge in [-0.25, -0.2) is 0 Å². The molecule has 22 heavy (non-hydrogen) atoms. The van der Waals surface area contributed by atoms with E-state index in [1.807, 2.05) is 0 Å². The van der Waals surface area contributed by atoms with E-state index in [0.29, 0.717) is 16.3 Å².